The van der Waals surface area contributed by atoms with E-state index in [0.29, 0.717) is 35.8 Å². The molecule has 2 aromatic carbocycles. The minimum atomic E-state index is -3.80. The van der Waals surface area contributed by atoms with Crippen LogP contribution in [0.4, 0.5) is 11.4 Å². The molecule has 0 spiro atoms. The van der Waals surface area contributed by atoms with Gasteiger partial charge in [0.05, 0.1) is 19.9 Å². The molecule has 142 valence electrons. The predicted molar refractivity (Wildman–Crippen MR) is 102 cm³/mol. The summed E-state index contributed by atoms with van der Waals surface area (Å²) in [5, 5.41) is 2.74. The van der Waals surface area contributed by atoms with E-state index in [-0.39, 0.29) is 5.92 Å². The van der Waals surface area contributed by atoms with Crippen molar-refractivity contribution in [2.45, 2.75) is 11.2 Å². The molecular weight excluding hydrogens is 368 g/mol. The SMILES string of the molecule is COc1ccc(NC(=O)C23CC2CN(c2ccc(OC)cc2)S3(=O)=O)cc1. The molecule has 2 atom stereocenters. The number of hydrogen-bond acceptors (Lipinski definition) is 5. The van der Waals surface area contributed by atoms with Gasteiger partial charge in [0.1, 0.15) is 11.5 Å². The number of anilines is 2. The van der Waals surface area contributed by atoms with Crippen LogP contribution in [-0.4, -0.2) is 39.8 Å². The molecule has 2 aliphatic rings. The summed E-state index contributed by atoms with van der Waals surface area (Å²) in [4.78, 5) is 12.9. The van der Waals surface area contributed by atoms with E-state index in [1.54, 1.807) is 62.8 Å². The van der Waals surface area contributed by atoms with Gasteiger partial charge in [-0.25, -0.2) is 8.42 Å². The highest BCUT2D eigenvalue weighted by Gasteiger charge is 2.75. The summed E-state index contributed by atoms with van der Waals surface area (Å²) in [6.07, 6.45) is 0.351. The van der Waals surface area contributed by atoms with Crippen molar-refractivity contribution in [3.05, 3.63) is 48.5 Å². The van der Waals surface area contributed by atoms with Gasteiger partial charge in [0.25, 0.3) is 0 Å². The molecule has 2 aromatic rings. The molecule has 8 heteroatoms. The number of nitrogens with one attached hydrogen (secondary N) is 1. The third kappa shape index (κ3) is 2.63. The van der Waals surface area contributed by atoms with Crippen molar-refractivity contribution in [3.8, 4) is 11.5 Å². The normalized spacial score (nSPS) is 24.8. The number of nitrogens with zero attached hydrogens (tertiary/aromatic N) is 1. The first-order chi connectivity index (χ1) is 12.9. The summed E-state index contributed by atoms with van der Waals surface area (Å²) in [5.41, 5.74) is 1.08. The van der Waals surface area contributed by atoms with Crippen molar-refractivity contribution < 1.29 is 22.7 Å². The number of benzene rings is 2. The number of hydrogen-bond donors (Lipinski definition) is 1. The second-order valence-electron chi connectivity index (χ2n) is 6.71. The van der Waals surface area contributed by atoms with Gasteiger partial charge in [-0.05, 0) is 55.0 Å². The first kappa shape index (κ1) is 17.7. The zero-order chi connectivity index (χ0) is 19.2. The summed E-state index contributed by atoms with van der Waals surface area (Å²) < 4.78 is 36.5. The number of sulfonamides is 1. The molecule has 0 aromatic heterocycles. The van der Waals surface area contributed by atoms with Crippen LogP contribution in [0.15, 0.2) is 48.5 Å². The zero-order valence-corrected chi connectivity index (χ0v) is 15.8. The van der Waals surface area contributed by atoms with Gasteiger partial charge in [-0.15, -0.1) is 0 Å². The average molecular weight is 388 g/mol. The molecule has 0 radical (unpaired) electrons. The van der Waals surface area contributed by atoms with Crippen LogP contribution in [0.1, 0.15) is 6.42 Å². The maximum absolute atomic E-state index is 13.2. The van der Waals surface area contributed by atoms with E-state index in [2.05, 4.69) is 5.32 Å². The number of carbonyl (C=O) groups is 1. The molecule has 4 rings (SSSR count). The smallest absolute Gasteiger partial charge is 0.250 e. The van der Waals surface area contributed by atoms with Gasteiger partial charge < -0.3 is 14.8 Å². The number of ether oxygens (including phenoxy) is 2. The highest BCUT2D eigenvalue weighted by molar-refractivity contribution is 7.95. The Bertz CT molecular complexity index is 972. The minimum absolute atomic E-state index is 0.206. The Labute approximate surface area is 157 Å². The van der Waals surface area contributed by atoms with Gasteiger partial charge in [0.2, 0.25) is 15.9 Å². The minimum Gasteiger partial charge on any atom is -0.497 e. The summed E-state index contributed by atoms with van der Waals surface area (Å²) in [6.45, 7) is 0.310. The van der Waals surface area contributed by atoms with Crippen molar-refractivity contribution >= 4 is 27.3 Å². The van der Waals surface area contributed by atoms with Gasteiger partial charge in [-0.1, -0.05) is 0 Å². The molecule has 1 heterocycles. The van der Waals surface area contributed by atoms with Crippen LogP contribution in [0.3, 0.4) is 0 Å². The maximum Gasteiger partial charge on any atom is 0.250 e. The molecule has 0 bridgehead atoms. The lowest BCUT2D eigenvalue weighted by atomic mass is 10.2. The summed E-state index contributed by atoms with van der Waals surface area (Å²) in [7, 11) is -0.696. The molecular formula is C19H20N2O5S. The standard InChI is InChI=1S/C19H20N2O5S/c1-25-16-7-3-14(4-8-16)20-18(22)19-11-13(19)12-21(27(19,23)24)15-5-9-17(26-2)10-6-15/h3-10,13H,11-12H2,1-2H3,(H,20,22). The number of carbonyl (C=O) groups excluding carboxylic acids is 1. The Morgan fingerprint density at radius 3 is 2.15 bits per heavy atom. The molecule has 1 N–H and O–H groups in total. The van der Waals surface area contributed by atoms with Gasteiger partial charge in [-0.2, -0.15) is 0 Å². The molecule has 2 unspecified atom stereocenters. The molecule has 1 saturated carbocycles. The van der Waals surface area contributed by atoms with Crippen molar-refractivity contribution in [2.24, 2.45) is 5.92 Å². The number of fused-ring (bicyclic) bond motifs is 1. The number of amides is 1. The van der Waals surface area contributed by atoms with Crippen molar-refractivity contribution in [1.29, 1.82) is 0 Å². The largest absolute Gasteiger partial charge is 0.497 e. The van der Waals surface area contributed by atoms with Crippen LogP contribution in [0, 0.1) is 5.92 Å². The Morgan fingerprint density at radius 2 is 1.59 bits per heavy atom. The highest BCUT2D eigenvalue weighted by Crippen LogP contribution is 2.58. The number of rotatable bonds is 5. The second-order valence-corrected chi connectivity index (χ2v) is 8.83. The summed E-state index contributed by atoms with van der Waals surface area (Å²) in [6, 6.07) is 13.6. The maximum atomic E-state index is 13.2. The van der Waals surface area contributed by atoms with E-state index in [1.807, 2.05) is 0 Å². The van der Waals surface area contributed by atoms with Crippen LogP contribution in [0.25, 0.3) is 0 Å². The first-order valence-electron chi connectivity index (χ1n) is 8.54. The van der Waals surface area contributed by atoms with Crippen molar-refractivity contribution in [2.75, 3.05) is 30.4 Å². The monoisotopic (exact) mass is 388 g/mol. The van der Waals surface area contributed by atoms with Crippen molar-refractivity contribution in [3.63, 3.8) is 0 Å². The number of methoxy groups -OCH3 is 2. The lowest BCUT2D eigenvalue weighted by Gasteiger charge is -2.23. The highest BCUT2D eigenvalue weighted by atomic mass is 32.2. The molecule has 1 aliphatic heterocycles. The zero-order valence-electron chi connectivity index (χ0n) is 15.0. The summed E-state index contributed by atoms with van der Waals surface area (Å²) >= 11 is 0. The molecule has 1 aliphatic carbocycles. The van der Waals surface area contributed by atoms with E-state index >= 15 is 0 Å². The fourth-order valence-electron chi connectivity index (χ4n) is 3.63. The fourth-order valence-corrected chi connectivity index (χ4v) is 5.99. The van der Waals surface area contributed by atoms with Gasteiger partial charge in [0.15, 0.2) is 4.75 Å². The Morgan fingerprint density at radius 1 is 1.04 bits per heavy atom. The first-order valence-corrected chi connectivity index (χ1v) is 9.98. The average Bonchev–Trinajstić information content (AvgIpc) is 3.38. The molecule has 7 nitrogen and oxygen atoms in total. The van der Waals surface area contributed by atoms with Gasteiger partial charge >= 0.3 is 0 Å². The quantitative estimate of drug-likeness (QED) is 0.849. The van der Waals surface area contributed by atoms with Crippen LogP contribution in [0.5, 0.6) is 11.5 Å². The lowest BCUT2D eigenvalue weighted by Crippen LogP contribution is -2.42. The van der Waals surface area contributed by atoms with E-state index in [9.17, 15) is 13.2 Å². The third-order valence-electron chi connectivity index (χ3n) is 5.28. The fraction of sp³-hybridized carbons (Fsp3) is 0.316. The molecule has 27 heavy (non-hydrogen) atoms. The van der Waals surface area contributed by atoms with E-state index in [4.69, 9.17) is 9.47 Å². The van der Waals surface area contributed by atoms with Gasteiger partial charge in [-0.3, -0.25) is 9.10 Å². The Balaban J connectivity index is 1.57. The van der Waals surface area contributed by atoms with Crippen LogP contribution in [0.2, 0.25) is 0 Å². The Hall–Kier alpha value is -2.74. The third-order valence-corrected chi connectivity index (χ3v) is 7.82. The van der Waals surface area contributed by atoms with Crippen LogP contribution in [-0.2, 0) is 14.8 Å². The van der Waals surface area contributed by atoms with Crippen molar-refractivity contribution in [1.82, 2.24) is 0 Å². The van der Waals surface area contributed by atoms with Crippen LogP contribution >= 0.6 is 0 Å². The van der Waals surface area contributed by atoms with Crippen LogP contribution < -0.4 is 19.1 Å². The summed E-state index contributed by atoms with van der Waals surface area (Å²) in [5.74, 6) is 0.624. The predicted octanol–water partition coefficient (Wildman–Crippen LogP) is 2.25. The lowest BCUT2D eigenvalue weighted by molar-refractivity contribution is -0.116. The Kier molecular flexibility index (Phi) is 4.03. The van der Waals surface area contributed by atoms with Gasteiger partial charge in [0, 0.05) is 18.2 Å². The second kappa shape index (κ2) is 6.16. The van der Waals surface area contributed by atoms with E-state index in [0.717, 1.165) is 0 Å². The van der Waals surface area contributed by atoms with E-state index < -0.39 is 20.7 Å². The molecule has 2 fully saturated rings. The molecule has 1 amide bonds. The topological polar surface area (TPSA) is 84.9 Å². The van der Waals surface area contributed by atoms with E-state index in [1.165, 1.54) is 4.31 Å². The molecule has 1 saturated heterocycles.